The summed E-state index contributed by atoms with van der Waals surface area (Å²) in [4.78, 5) is 23.1. The zero-order valence-corrected chi connectivity index (χ0v) is 10.5. The first-order chi connectivity index (χ1) is 8.60. The van der Waals surface area contributed by atoms with Gasteiger partial charge in [0.2, 0.25) is 11.8 Å². The minimum Gasteiger partial charge on any atom is -0.326 e. The first kappa shape index (κ1) is 12.6. The summed E-state index contributed by atoms with van der Waals surface area (Å²) in [5.41, 5.74) is 2.50. The Morgan fingerprint density at radius 3 is 3.00 bits per heavy atom. The van der Waals surface area contributed by atoms with Gasteiger partial charge in [-0.15, -0.1) is 0 Å². The van der Waals surface area contributed by atoms with Gasteiger partial charge in [0.05, 0.1) is 6.42 Å². The summed E-state index contributed by atoms with van der Waals surface area (Å²) in [7, 11) is 1.82. The fourth-order valence-corrected chi connectivity index (χ4v) is 1.97. The predicted molar refractivity (Wildman–Crippen MR) is 70.5 cm³/mol. The van der Waals surface area contributed by atoms with E-state index in [9.17, 15) is 9.59 Å². The molecule has 0 radical (unpaired) electrons. The number of amides is 2. The number of carbonyl (C=O) groups is 2. The highest BCUT2D eigenvalue weighted by Gasteiger charge is 2.18. The van der Waals surface area contributed by atoms with Crippen molar-refractivity contribution in [1.29, 1.82) is 0 Å². The van der Waals surface area contributed by atoms with Crippen molar-refractivity contribution in [1.82, 2.24) is 5.32 Å². The molecule has 1 heterocycles. The van der Waals surface area contributed by atoms with Crippen LogP contribution in [0.3, 0.4) is 0 Å². The average Bonchev–Trinajstić information content (AvgIpc) is 2.68. The Hall–Kier alpha value is -1.88. The van der Waals surface area contributed by atoms with Gasteiger partial charge in [0.25, 0.3) is 0 Å². The molecule has 2 rings (SSSR count). The molecule has 5 nitrogen and oxygen atoms in total. The van der Waals surface area contributed by atoms with E-state index in [-0.39, 0.29) is 17.7 Å². The molecule has 0 aromatic heterocycles. The van der Waals surface area contributed by atoms with E-state index in [1.807, 2.05) is 26.1 Å². The maximum atomic E-state index is 11.8. The van der Waals surface area contributed by atoms with Crippen molar-refractivity contribution in [3.63, 3.8) is 0 Å². The first-order valence-electron chi connectivity index (χ1n) is 5.98. The van der Waals surface area contributed by atoms with E-state index in [0.29, 0.717) is 13.0 Å². The molecule has 1 aliphatic rings. The van der Waals surface area contributed by atoms with Crippen molar-refractivity contribution in [3.05, 3.63) is 23.8 Å². The molecule has 1 aliphatic heterocycles. The molecule has 5 heteroatoms. The van der Waals surface area contributed by atoms with Gasteiger partial charge in [0, 0.05) is 23.8 Å². The van der Waals surface area contributed by atoms with Crippen LogP contribution in [-0.2, 0) is 16.0 Å². The second kappa shape index (κ2) is 5.18. The maximum Gasteiger partial charge on any atom is 0.228 e. The van der Waals surface area contributed by atoms with Gasteiger partial charge >= 0.3 is 0 Å². The van der Waals surface area contributed by atoms with Crippen molar-refractivity contribution in [2.45, 2.75) is 13.3 Å². The van der Waals surface area contributed by atoms with E-state index in [2.05, 4.69) is 16.0 Å². The lowest BCUT2D eigenvalue weighted by Gasteiger charge is -2.12. The monoisotopic (exact) mass is 247 g/mol. The minimum atomic E-state index is -0.0944. The Morgan fingerprint density at radius 1 is 1.50 bits per heavy atom. The standard InChI is InChI=1S/C13H17N3O2/c1-8(7-14-2)13(18)15-10-3-4-11-9(5-10)6-12(17)16-11/h3-5,8,14H,6-7H2,1-2H3,(H,15,18)(H,16,17). The molecular formula is C13H17N3O2. The van der Waals surface area contributed by atoms with E-state index in [0.717, 1.165) is 16.9 Å². The lowest BCUT2D eigenvalue weighted by atomic mass is 10.1. The Kier molecular flexibility index (Phi) is 3.62. The topological polar surface area (TPSA) is 70.2 Å². The highest BCUT2D eigenvalue weighted by molar-refractivity contribution is 6.00. The summed E-state index contributed by atoms with van der Waals surface area (Å²) in [6.45, 7) is 2.50. The maximum absolute atomic E-state index is 11.8. The van der Waals surface area contributed by atoms with Gasteiger partial charge in [0.15, 0.2) is 0 Å². The van der Waals surface area contributed by atoms with Gasteiger partial charge in [-0.1, -0.05) is 6.92 Å². The third kappa shape index (κ3) is 2.68. The molecule has 0 spiro atoms. The average molecular weight is 247 g/mol. The summed E-state index contributed by atoms with van der Waals surface area (Å²) < 4.78 is 0. The van der Waals surface area contributed by atoms with Crippen LogP contribution < -0.4 is 16.0 Å². The fraction of sp³-hybridized carbons (Fsp3) is 0.385. The van der Waals surface area contributed by atoms with E-state index in [1.165, 1.54) is 0 Å². The highest BCUT2D eigenvalue weighted by Crippen LogP contribution is 2.26. The van der Waals surface area contributed by atoms with Crippen molar-refractivity contribution < 1.29 is 9.59 Å². The van der Waals surface area contributed by atoms with Gasteiger partial charge < -0.3 is 16.0 Å². The molecule has 0 aliphatic carbocycles. The number of benzene rings is 1. The number of nitrogens with one attached hydrogen (secondary N) is 3. The zero-order valence-electron chi connectivity index (χ0n) is 10.5. The van der Waals surface area contributed by atoms with Crippen molar-refractivity contribution in [2.24, 2.45) is 5.92 Å². The van der Waals surface area contributed by atoms with Crippen molar-refractivity contribution in [3.8, 4) is 0 Å². The highest BCUT2D eigenvalue weighted by atomic mass is 16.2. The molecular weight excluding hydrogens is 230 g/mol. The van der Waals surface area contributed by atoms with Crippen LogP contribution in [0, 0.1) is 5.92 Å². The van der Waals surface area contributed by atoms with Gasteiger partial charge in [-0.3, -0.25) is 9.59 Å². The molecule has 3 N–H and O–H groups in total. The van der Waals surface area contributed by atoms with E-state index >= 15 is 0 Å². The Balaban J connectivity index is 2.05. The molecule has 0 bridgehead atoms. The van der Waals surface area contributed by atoms with Gasteiger partial charge in [0.1, 0.15) is 0 Å². The molecule has 1 aromatic carbocycles. The molecule has 1 aromatic rings. The second-order valence-electron chi connectivity index (χ2n) is 4.54. The van der Waals surface area contributed by atoms with Crippen LogP contribution in [0.15, 0.2) is 18.2 Å². The summed E-state index contributed by atoms with van der Waals surface area (Å²) in [5.74, 6) is -0.123. The van der Waals surface area contributed by atoms with E-state index in [4.69, 9.17) is 0 Å². The van der Waals surface area contributed by atoms with Crippen LogP contribution in [0.1, 0.15) is 12.5 Å². The van der Waals surface area contributed by atoms with Crippen LogP contribution in [-0.4, -0.2) is 25.4 Å². The zero-order chi connectivity index (χ0) is 13.1. The predicted octanol–water partition coefficient (Wildman–Crippen LogP) is 0.975. The normalized spacial score (nSPS) is 14.9. The van der Waals surface area contributed by atoms with E-state index < -0.39 is 0 Å². The van der Waals surface area contributed by atoms with Crippen molar-refractivity contribution in [2.75, 3.05) is 24.2 Å². The first-order valence-corrected chi connectivity index (χ1v) is 5.98. The SMILES string of the molecule is CNCC(C)C(=O)Nc1ccc2c(c1)CC(=O)N2. The lowest BCUT2D eigenvalue weighted by molar-refractivity contribution is -0.119. The van der Waals surface area contributed by atoms with Crippen LogP contribution >= 0.6 is 0 Å². The van der Waals surface area contributed by atoms with Crippen LogP contribution in [0.5, 0.6) is 0 Å². The quantitative estimate of drug-likeness (QED) is 0.742. The number of carbonyl (C=O) groups excluding carboxylic acids is 2. The Labute approximate surface area is 106 Å². The molecule has 2 amide bonds. The molecule has 1 atom stereocenters. The smallest absolute Gasteiger partial charge is 0.228 e. The number of fused-ring (bicyclic) bond motifs is 1. The van der Waals surface area contributed by atoms with Crippen LogP contribution in [0.4, 0.5) is 11.4 Å². The van der Waals surface area contributed by atoms with E-state index in [1.54, 1.807) is 6.07 Å². The van der Waals surface area contributed by atoms with Crippen LogP contribution in [0.25, 0.3) is 0 Å². The lowest BCUT2D eigenvalue weighted by Crippen LogP contribution is -2.28. The number of hydrogen-bond donors (Lipinski definition) is 3. The van der Waals surface area contributed by atoms with Gasteiger partial charge in [-0.25, -0.2) is 0 Å². The molecule has 1 unspecified atom stereocenters. The van der Waals surface area contributed by atoms with Gasteiger partial charge in [-0.05, 0) is 30.8 Å². The van der Waals surface area contributed by atoms with Crippen LogP contribution in [0.2, 0.25) is 0 Å². The van der Waals surface area contributed by atoms with Gasteiger partial charge in [-0.2, -0.15) is 0 Å². The molecule has 18 heavy (non-hydrogen) atoms. The summed E-state index contributed by atoms with van der Waals surface area (Å²) >= 11 is 0. The third-order valence-corrected chi connectivity index (χ3v) is 2.96. The number of hydrogen-bond acceptors (Lipinski definition) is 3. The molecule has 0 fully saturated rings. The second-order valence-corrected chi connectivity index (χ2v) is 4.54. The molecule has 0 saturated heterocycles. The number of anilines is 2. The minimum absolute atomic E-state index is 0.00275. The third-order valence-electron chi connectivity index (χ3n) is 2.96. The Bertz CT molecular complexity index is 485. The molecule has 96 valence electrons. The summed E-state index contributed by atoms with van der Waals surface area (Å²) in [6, 6.07) is 5.46. The fourth-order valence-electron chi connectivity index (χ4n) is 1.97. The molecule has 0 saturated carbocycles. The summed E-state index contributed by atoms with van der Waals surface area (Å²) in [6.07, 6.45) is 0.380. The largest absolute Gasteiger partial charge is 0.326 e. The summed E-state index contributed by atoms with van der Waals surface area (Å²) in [5, 5.41) is 8.58. The Morgan fingerprint density at radius 2 is 2.28 bits per heavy atom. The van der Waals surface area contributed by atoms with Crippen molar-refractivity contribution >= 4 is 23.2 Å². The number of rotatable bonds is 4.